The Hall–Kier alpha value is -1.12. The average molecular weight is 218 g/mol. The quantitative estimate of drug-likeness (QED) is 0.734. The van der Waals surface area contributed by atoms with E-state index < -0.39 is 0 Å². The molecule has 3 heteroatoms. The first-order chi connectivity index (χ1) is 7.75. The van der Waals surface area contributed by atoms with Gasteiger partial charge >= 0.3 is 0 Å². The topological polar surface area (TPSA) is 45.8 Å². The number of hydrogen-bond donors (Lipinski definition) is 1. The zero-order valence-corrected chi connectivity index (χ0v) is 9.75. The molecule has 1 N–H and O–H groups in total. The number of nitrogens with zero attached hydrogens (tertiary/aromatic N) is 1. The first-order valence-corrected chi connectivity index (χ1v) is 6.37. The third-order valence-electron chi connectivity index (χ3n) is 3.92. The highest BCUT2D eigenvalue weighted by Gasteiger charge is 2.36. The highest BCUT2D eigenvalue weighted by molar-refractivity contribution is 5.22. The molecule has 0 amide bonds. The predicted octanol–water partition coefficient (Wildman–Crippen LogP) is 2.16. The number of H-pyrrole nitrogens is 1. The average Bonchev–Trinajstić information content (AvgIpc) is 3.00. The van der Waals surface area contributed by atoms with E-state index in [0.29, 0.717) is 11.8 Å². The van der Waals surface area contributed by atoms with E-state index >= 15 is 0 Å². The number of aromatic nitrogens is 2. The van der Waals surface area contributed by atoms with Crippen LogP contribution in [-0.2, 0) is 12.8 Å². The number of hydrogen-bond acceptors (Lipinski definition) is 2. The molecular formula is C13H18N2O. The zero-order valence-electron chi connectivity index (χ0n) is 9.75. The summed E-state index contributed by atoms with van der Waals surface area (Å²) in [6.07, 6.45) is 6.64. The van der Waals surface area contributed by atoms with Crippen molar-refractivity contribution >= 4 is 0 Å². The lowest BCUT2D eigenvalue weighted by atomic mass is 10.1. The van der Waals surface area contributed by atoms with Crippen molar-refractivity contribution in [2.75, 3.05) is 0 Å². The Bertz CT molecular complexity index is 463. The maximum absolute atomic E-state index is 12.0. The summed E-state index contributed by atoms with van der Waals surface area (Å²) >= 11 is 0. The van der Waals surface area contributed by atoms with E-state index in [2.05, 4.69) is 11.9 Å². The molecule has 1 fully saturated rings. The Morgan fingerprint density at radius 1 is 1.25 bits per heavy atom. The van der Waals surface area contributed by atoms with Gasteiger partial charge in [-0.2, -0.15) is 0 Å². The second kappa shape index (κ2) is 3.72. The molecule has 3 nitrogen and oxygen atoms in total. The maximum Gasteiger partial charge on any atom is 0.254 e. The van der Waals surface area contributed by atoms with Crippen LogP contribution in [0.2, 0.25) is 0 Å². The van der Waals surface area contributed by atoms with Gasteiger partial charge in [-0.25, -0.2) is 4.98 Å². The van der Waals surface area contributed by atoms with Gasteiger partial charge in [-0.1, -0.05) is 13.3 Å². The van der Waals surface area contributed by atoms with Crippen molar-refractivity contribution < 1.29 is 0 Å². The molecule has 2 aliphatic carbocycles. The molecule has 0 spiro atoms. The molecular weight excluding hydrogens is 200 g/mol. The van der Waals surface area contributed by atoms with E-state index in [-0.39, 0.29) is 5.56 Å². The molecule has 0 saturated heterocycles. The summed E-state index contributed by atoms with van der Waals surface area (Å²) in [5.74, 6) is 2.16. The van der Waals surface area contributed by atoms with E-state index in [4.69, 9.17) is 4.98 Å². The minimum atomic E-state index is 0.126. The number of nitrogens with one attached hydrogen (secondary N) is 1. The molecule has 2 unspecified atom stereocenters. The lowest BCUT2D eigenvalue weighted by Gasteiger charge is -2.06. The lowest BCUT2D eigenvalue weighted by molar-refractivity contribution is 0.707. The number of aromatic amines is 1. The van der Waals surface area contributed by atoms with Crippen LogP contribution in [0, 0.1) is 5.92 Å². The summed E-state index contributed by atoms with van der Waals surface area (Å²) in [5, 5.41) is 0. The maximum atomic E-state index is 12.0. The van der Waals surface area contributed by atoms with E-state index in [1.807, 2.05) is 0 Å². The summed E-state index contributed by atoms with van der Waals surface area (Å²) in [5.41, 5.74) is 2.16. The monoisotopic (exact) mass is 218 g/mol. The molecule has 1 aromatic heterocycles. The summed E-state index contributed by atoms with van der Waals surface area (Å²) in [6, 6.07) is 0. The molecule has 1 aromatic rings. The van der Waals surface area contributed by atoms with Crippen LogP contribution in [-0.4, -0.2) is 9.97 Å². The van der Waals surface area contributed by atoms with E-state index in [1.165, 1.54) is 19.3 Å². The van der Waals surface area contributed by atoms with Gasteiger partial charge in [0.25, 0.3) is 5.56 Å². The zero-order chi connectivity index (χ0) is 11.1. The van der Waals surface area contributed by atoms with E-state index in [1.54, 1.807) is 0 Å². The molecule has 3 rings (SSSR count). The van der Waals surface area contributed by atoms with Gasteiger partial charge in [0.15, 0.2) is 0 Å². The standard InChI is InChI=1S/C13H18N2O/c1-8-7-10(8)12-14-11-6-4-2-3-5-9(11)13(16)15-12/h8,10H,2-7H2,1H3,(H,14,15,16). The van der Waals surface area contributed by atoms with Crippen LogP contribution < -0.4 is 5.56 Å². The molecule has 1 saturated carbocycles. The molecule has 0 bridgehead atoms. The van der Waals surface area contributed by atoms with Gasteiger partial charge in [-0.05, 0) is 38.0 Å². The van der Waals surface area contributed by atoms with Crippen molar-refractivity contribution in [2.45, 2.75) is 51.4 Å². The molecule has 16 heavy (non-hydrogen) atoms. The Balaban J connectivity index is 2.02. The fourth-order valence-electron chi connectivity index (χ4n) is 2.68. The van der Waals surface area contributed by atoms with Crippen molar-refractivity contribution in [1.82, 2.24) is 9.97 Å². The molecule has 0 aromatic carbocycles. The smallest absolute Gasteiger partial charge is 0.254 e. The van der Waals surface area contributed by atoms with Crippen molar-refractivity contribution in [1.29, 1.82) is 0 Å². The van der Waals surface area contributed by atoms with Crippen LogP contribution >= 0.6 is 0 Å². The van der Waals surface area contributed by atoms with E-state index in [0.717, 1.165) is 36.3 Å². The highest BCUT2D eigenvalue weighted by Crippen LogP contribution is 2.45. The highest BCUT2D eigenvalue weighted by atomic mass is 16.1. The van der Waals surface area contributed by atoms with Crippen molar-refractivity contribution in [3.8, 4) is 0 Å². The Labute approximate surface area is 95.3 Å². The molecule has 2 aliphatic rings. The molecule has 2 atom stereocenters. The summed E-state index contributed by atoms with van der Waals surface area (Å²) < 4.78 is 0. The second-order valence-corrected chi connectivity index (χ2v) is 5.26. The van der Waals surface area contributed by atoms with Crippen molar-refractivity contribution in [3.63, 3.8) is 0 Å². The largest absolute Gasteiger partial charge is 0.310 e. The third-order valence-corrected chi connectivity index (χ3v) is 3.92. The predicted molar refractivity (Wildman–Crippen MR) is 62.6 cm³/mol. The molecule has 0 aliphatic heterocycles. The van der Waals surface area contributed by atoms with Crippen LogP contribution in [0.3, 0.4) is 0 Å². The Kier molecular flexibility index (Phi) is 2.34. The fraction of sp³-hybridized carbons (Fsp3) is 0.692. The van der Waals surface area contributed by atoms with Crippen molar-refractivity contribution in [2.24, 2.45) is 5.92 Å². The normalized spacial score (nSPS) is 28.3. The summed E-state index contributed by atoms with van der Waals surface area (Å²) in [4.78, 5) is 19.7. The Morgan fingerprint density at radius 3 is 2.75 bits per heavy atom. The third kappa shape index (κ3) is 1.68. The van der Waals surface area contributed by atoms with Gasteiger partial charge in [0, 0.05) is 11.5 Å². The summed E-state index contributed by atoms with van der Waals surface area (Å²) in [6.45, 7) is 2.22. The molecule has 1 heterocycles. The van der Waals surface area contributed by atoms with Crippen LogP contribution in [0.5, 0.6) is 0 Å². The van der Waals surface area contributed by atoms with Crippen molar-refractivity contribution in [3.05, 3.63) is 27.4 Å². The number of aryl methyl sites for hydroxylation is 1. The second-order valence-electron chi connectivity index (χ2n) is 5.26. The number of fused-ring (bicyclic) bond motifs is 1. The van der Waals surface area contributed by atoms with Gasteiger partial charge in [0.05, 0.1) is 5.69 Å². The van der Waals surface area contributed by atoms with Gasteiger partial charge in [0.1, 0.15) is 5.82 Å². The fourth-order valence-corrected chi connectivity index (χ4v) is 2.68. The van der Waals surface area contributed by atoms with Gasteiger partial charge in [-0.3, -0.25) is 4.79 Å². The SMILES string of the molecule is CC1CC1c1nc2c(c(=O)[nH]1)CCCCC2. The van der Waals surface area contributed by atoms with Gasteiger partial charge in [0.2, 0.25) is 0 Å². The number of rotatable bonds is 1. The molecule has 0 radical (unpaired) electrons. The molecule has 86 valence electrons. The minimum Gasteiger partial charge on any atom is -0.310 e. The lowest BCUT2D eigenvalue weighted by Crippen LogP contribution is -2.19. The first kappa shape index (κ1) is 10.1. The van der Waals surface area contributed by atoms with Gasteiger partial charge in [-0.15, -0.1) is 0 Å². The van der Waals surface area contributed by atoms with Crippen LogP contribution in [0.1, 0.15) is 55.6 Å². The van der Waals surface area contributed by atoms with Crippen LogP contribution in [0.4, 0.5) is 0 Å². The summed E-state index contributed by atoms with van der Waals surface area (Å²) in [7, 11) is 0. The van der Waals surface area contributed by atoms with Gasteiger partial charge < -0.3 is 4.98 Å². The minimum absolute atomic E-state index is 0.126. The first-order valence-electron chi connectivity index (χ1n) is 6.37. The van der Waals surface area contributed by atoms with Crippen LogP contribution in [0.15, 0.2) is 4.79 Å². The van der Waals surface area contributed by atoms with Crippen LogP contribution in [0.25, 0.3) is 0 Å². The van der Waals surface area contributed by atoms with E-state index in [9.17, 15) is 4.79 Å². The Morgan fingerprint density at radius 2 is 2.00 bits per heavy atom.